The van der Waals surface area contributed by atoms with Crippen molar-refractivity contribution in [3.63, 3.8) is 0 Å². The highest BCUT2D eigenvalue weighted by molar-refractivity contribution is 7.07. The van der Waals surface area contributed by atoms with Gasteiger partial charge in [0.1, 0.15) is 10.5 Å². The molecule has 0 spiro atoms. The van der Waals surface area contributed by atoms with E-state index in [-0.39, 0.29) is 17.0 Å². The topological polar surface area (TPSA) is 124 Å². The molecule has 0 unspecified atom stereocenters. The number of aromatic nitrogens is 3. The van der Waals surface area contributed by atoms with Crippen LogP contribution < -0.4 is 20.5 Å². The van der Waals surface area contributed by atoms with Crippen LogP contribution in [0.25, 0.3) is 17.5 Å². The quantitative estimate of drug-likeness (QED) is 0.608. The molecule has 0 fully saturated rings. The fraction of sp³-hybridized carbons (Fsp3) is 0.0952. The van der Waals surface area contributed by atoms with E-state index in [1.165, 1.54) is 11.7 Å². The zero-order valence-electron chi connectivity index (χ0n) is 15.8. The van der Waals surface area contributed by atoms with Crippen molar-refractivity contribution >= 4 is 34.8 Å². The van der Waals surface area contributed by atoms with Gasteiger partial charge in [-0.3, -0.25) is 19.3 Å². The number of thiazole rings is 1. The Labute approximate surface area is 174 Å². The second kappa shape index (κ2) is 7.77. The number of nitriles is 1. The number of nitrogens with two attached hydrogens (primary N) is 1. The lowest BCUT2D eigenvalue weighted by atomic mass is 9.84. The van der Waals surface area contributed by atoms with Crippen molar-refractivity contribution in [2.45, 2.75) is 5.92 Å². The number of esters is 1. The Bertz CT molecular complexity index is 1380. The molecule has 148 valence electrons. The Kier molecular flexibility index (Phi) is 5.00. The van der Waals surface area contributed by atoms with E-state index >= 15 is 0 Å². The second-order valence-electron chi connectivity index (χ2n) is 6.38. The maximum absolute atomic E-state index is 13.1. The monoisotopic (exact) mass is 417 g/mol. The van der Waals surface area contributed by atoms with E-state index in [0.717, 1.165) is 16.9 Å². The third-order valence-corrected chi connectivity index (χ3v) is 5.78. The van der Waals surface area contributed by atoms with Crippen LogP contribution >= 0.6 is 11.3 Å². The van der Waals surface area contributed by atoms with Crippen molar-refractivity contribution < 1.29 is 9.53 Å². The summed E-state index contributed by atoms with van der Waals surface area (Å²) in [5.74, 6) is -1.45. The Hall–Kier alpha value is -4.03. The maximum atomic E-state index is 13.1. The SMILES string of the molecule is COC(=O)C1=c2sc(=Cc3cccnc3)c(=O)n2C(N)=C(C#N)[C@@H]1c1cccnc1. The van der Waals surface area contributed by atoms with Crippen molar-refractivity contribution in [2.75, 3.05) is 7.11 Å². The Morgan fingerprint density at radius 3 is 2.63 bits per heavy atom. The van der Waals surface area contributed by atoms with Gasteiger partial charge in [-0.1, -0.05) is 12.1 Å². The summed E-state index contributed by atoms with van der Waals surface area (Å²) in [5.41, 5.74) is 7.41. The van der Waals surface area contributed by atoms with Crippen LogP contribution in [0.5, 0.6) is 0 Å². The molecular formula is C21H15N5O3S. The minimum Gasteiger partial charge on any atom is -0.466 e. The molecule has 2 N–H and O–H groups in total. The zero-order valence-corrected chi connectivity index (χ0v) is 16.6. The summed E-state index contributed by atoms with van der Waals surface area (Å²) in [7, 11) is 1.25. The summed E-state index contributed by atoms with van der Waals surface area (Å²) >= 11 is 1.11. The van der Waals surface area contributed by atoms with Crippen LogP contribution in [0.1, 0.15) is 17.0 Å². The van der Waals surface area contributed by atoms with Gasteiger partial charge in [-0.2, -0.15) is 5.26 Å². The molecule has 0 saturated carbocycles. The summed E-state index contributed by atoms with van der Waals surface area (Å²) in [6.07, 6.45) is 8.06. The molecule has 1 atom stereocenters. The number of hydrogen-bond donors (Lipinski definition) is 1. The highest BCUT2D eigenvalue weighted by atomic mass is 32.1. The number of hydrogen-bond acceptors (Lipinski definition) is 8. The third kappa shape index (κ3) is 3.09. The van der Waals surface area contributed by atoms with Crippen LogP contribution in [0.4, 0.5) is 0 Å². The average molecular weight is 417 g/mol. The fourth-order valence-electron chi connectivity index (χ4n) is 3.35. The molecule has 1 aliphatic rings. The Balaban J connectivity index is 2.12. The summed E-state index contributed by atoms with van der Waals surface area (Å²) in [6.45, 7) is 0. The Morgan fingerprint density at radius 2 is 2.03 bits per heavy atom. The van der Waals surface area contributed by atoms with E-state index in [2.05, 4.69) is 16.0 Å². The minimum absolute atomic E-state index is 0.0129. The largest absolute Gasteiger partial charge is 0.466 e. The highest BCUT2D eigenvalue weighted by Gasteiger charge is 2.36. The van der Waals surface area contributed by atoms with E-state index in [0.29, 0.717) is 14.8 Å². The first kappa shape index (κ1) is 19.3. The van der Waals surface area contributed by atoms with E-state index in [4.69, 9.17) is 10.5 Å². The molecular weight excluding hydrogens is 402 g/mol. The van der Waals surface area contributed by atoms with E-state index in [1.807, 2.05) is 0 Å². The smallest absolute Gasteiger partial charge is 0.337 e. The summed E-state index contributed by atoms with van der Waals surface area (Å²) in [6, 6.07) is 9.07. The first-order valence-corrected chi connectivity index (χ1v) is 9.64. The van der Waals surface area contributed by atoms with Crippen LogP contribution in [-0.2, 0) is 9.53 Å². The van der Waals surface area contributed by atoms with Crippen LogP contribution in [0.2, 0.25) is 0 Å². The van der Waals surface area contributed by atoms with Crippen LogP contribution in [-0.4, -0.2) is 27.6 Å². The molecule has 4 heterocycles. The molecule has 3 aromatic heterocycles. The first-order chi connectivity index (χ1) is 14.6. The maximum Gasteiger partial charge on any atom is 0.337 e. The van der Waals surface area contributed by atoms with Gasteiger partial charge in [-0.15, -0.1) is 11.3 Å². The molecule has 0 aliphatic carbocycles. The van der Waals surface area contributed by atoms with Crippen LogP contribution in [0, 0.1) is 11.3 Å². The zero-order chi connectivity index (χ0) is 21.3. The molecule has 4 rings (SSSR count). The molecule has 0 amide bonds. The van der Waals surface area contributed by atoms with Crippen molar-refractivity contribution in [1.29, 1.82) is 5.26 Å². The molecule has 0 aromatic carbocycles. The van der Waals surface area contributed by atoms with Gasteiger partial charge in [0.25, 0.3) is 5.56 Å². The van der Waals surface area contributed by atoms with Crippen molar-refractivity contribution in [3.05, 3.63) is 85.3 Å². The fourth-order valence-corrected chi connectivity index (χ4v) is 4.51. The third-order valence-electron chi connectivity index (χ3n) is 4.67. The predicted molar refractivity (Wildman–Crippen MR) is 111 cm³/mol. The van der Waals surface area contributed by atoms with Gasteiger partial charge in [0.15, 0.2) is 0 Å². The number of ether oxygens (including phenoxy) is 1. The lowest BCUT2D eigenvalue weighted by molar-refractivity contribution is -0.134. The van der Waals surface area contributed by atoms with Crippen molar-refractivity contribution in [1.82, 2.24) is 14.5 Å². The number of carbonyl (C=O) groups is 1. The molecule has 9 heteroatoms. The molecule has 0 saturated heterocycles. The summed E-state index contributed by atoms with van der Waals surface area (Å²) in [5, 5.41) is 9.82. The van der Waals surface area contributed by atoms with E-state index < -0.39 is 17.4 Å². The van der Waals surface area contributed by atoms with Gasteiger partial charge in [-0.25, -0.2) is 4.79 Å². The van der Waals surface area contributed by atoms with Gasteiger partial charge in [0.2, 0.25) is 0 Å². The van der Waals surface area contributed by atoms with Crippen LogP contribution in [0.3, 0.4) is 0 Å². The minimum atomic E-state index is -0.791. The number of methoxy groups -OCH3 is 1. The number of nitrogens with zero attached hydrogens (tertiary/aromatic N) is 4. The van der Waals surface area contributed by atoms with Gasteiger partial charge in [-0.05, 0) is 29.3 Å². The van der Waals surface area contributed by atoms with E-state index in [9.17, 15) is 14.9 Å². The molecule has 8 nitrogen and oxygen atoms in total. The number of rotatable bonds is 3. The van der Waals surface area contributed by atoms with Gasteiger partial charge < -0.3 is 10.5 Å². The van der Waals surface area contributed by atoms with E-state index in [1.54, 1.807) is 55.1 Å². The number of carbonyl (C=O) groups excluding carboxylic acids is 1. The molecule has 0 radical (unpaired) electrons. The number of fused-ring (bicyclic) bond motifs is 1. The number of allylic oxidation sites excluding steroid dienone is 1. The lowest BCUT2D eigenvalue weighted by Gasteiger charge is -2.24. The van der Waals surface area contributed by atoms with Crippen LogP contribution in [0.15, 0.2) is 59.4 Å². The van der Waals surface area contributed by atoms with Crippen molar-refractivity contribution in [3.8, 4) is 6.07 Å². The average Bonchev–Trinajstić information content (AvgIpc) is 3.10. The lowest BCUT2D eigenvalue weighted by Crippen LogP contribution is -2.40. The normalized spacial score (nSPS) is 16.2. The second-order valence-corrected chi connectivity index (χ2v) is 7.41. The van der Waals surface area contributed by atoms with Gasteiger partial charge in [0, 0.05) is 24.8 Å². The predicted octanol–water partition coefficient (Wildman–Crippen LogP) is 0.301. The molecule has 30 heavy (non-hydrogen) atoms. The first-order valence-electron chi connectivity index (χ1n) is 8.83. The van der Waals surface area contributed by atoms with Gasteiger partial charge in [0.05, 0.1) is 34.8 Å². The number of pyridine rings is 2. The molecule has 0 bridgehead atoms. The standard InChI is InChI=1S/C21H15N5O3S/c1-29-21(28)17-16(13-5-3-7-25-11-13)14(9-22)18(23)26-19(27)15(30-20(17)26)8-12-4-2-6-24-10-12/h2-8,10-11,16H,23H2,1H3/t16-/m0/s1. The Morgan fingerprint density at radius 1 is 1.30 bits per heavy atom. The summed E-state index contributed by atoms with van der Waals surface area (Å²) < 4.78 is 6.87. The van der Waals surface area contributed by atoms with Crippen molar-refractivity contribution in [2.24, 2.45) is 5.73 Å². The highest BCUT2D eigenvalue weighted by Crippen LogP contribution is 2.35. The van der Waals surface area contributed by atoms with Gasteiger partial charge >= 0.3 is 5.97 Å². The summed E-state index contributed by atoms with van der Waals surface area (Å²) in [4.78, 5) is 34.0. The molecule has 1 aliphatic heterocycles. The molecule has 3 aromatic rings.